The number of para-hydroxylation sites is 2. The normalized spacial score (nSPS) is 19.0. The zero-order chi connectivity index (χ0) is 16.7. The number of carbonyl (C=O) groups excluding carboxylic acids is 2. The number of ether oxygens (including phenoxy) is 1. The monoisotopic (exact) mass is 326 g/mol. The summed E-state index contributed by atoms with van der Waals surface area (Å²) in [5, 5.41) is 2.63. The van der Waals surface area contributed by atoms with Crippen molar-refractivity contribution in [1.29, 1.82) is 0 Å². The van der Waals surface area contributed by atoms with Gasteiger partial charge in [-0.05, 0) is 29.8 Å². The van der Waals surface area contributed by atoms with Gasteiger partial charge in [0.15, 0.2) is 0 Å². The highest BCUT2D eigenvalue weighted by Crippen LogP contribution is 2.38. The van der Waals surface area contributed by atoms with Crippen molar-refractivity contribution in [3.8, 4) is 5.75 Å². The Labute approximate surface area is 138 Å². The van der Waals surface area contributed by atoms with E-state index in [4.69, 9.17) is 4.74 Å². The Bertz CT molecular complexity index is 837. The standard InChI is InChI=1S/C18H15FN2O3/c19-11-5-6-12-13(10-17(22)20-14(12)9-11)18(23)21-7-8-24-16-4-2-1-3-15(16)21/h1-6,9,13H,7-8,10H2,(H,20,22). The van der Waals surface area contributed by atoms with E-state index in [2.05, 4.69) is 5.32 Å². The molecule has 2 aromatic rings. The van der Waals surface area contributed by atoms with Crippen molar-refractivity contribution in [2.45, 2.75) is 12.3 Å². The van der Waals surface area contributed by atoms with Crippen molar-refractivity contribution < 1.29 is 18.7 Å². The quantitative estimate of drug-likeness (QED) is 0.876. The lowest BCUT2D eigenvalue weighted by Crippen LogP contribution is -2.42. The van der Waals surface area contributed by atoms with Gasteiger partial charge >= 0.3 is 0 Å². The van der Waals surface area contributed by atoms with Crippen LogP contribution in [-0.4, -0.2) is 25.0 Å². The largest absolute Gasteiger partial charge is 0.490 e. The summed E-state index contributed by atoms with van der Waals surface area (Å²) < 4.78 is 19.0. The first-order chi connectivity index (χ1) is 11.6. The van der Waals surface area contributed by atoms with Crippen LogP contribution in [-0.2, 0) is 9.59 Å². The van der Waals surface area contributed by atoms with Gasteiger partial charge in [-0.1, -0.05) is 18.2 Å². The van der Waals surface area contributed by atoms with Crippen LogP contribution in [0.15, 0.2) is 42.5 Å². The maximum atomic E-state index is 13.4. The molecule has 0 radical (unpaired) electrons. The number of hydrogen-bond donors (Lipinski definition) is 1. The van der Waals surface area contributed by atoms with E-state index in [9.17, 15) is 14.0 Å². The molecule has 5 nitrogen and oxygen atoms in total. The number of amides is 2. The number of rotatable bonds is 1. The molecule has 1 atom stereocenters. The molecule has 0 fully saturated rings. The minimum Gasteiger partial charge on any atom is -0.490 e. The molecule has 4 rings (SSSR count). The van der Waals surface area contributed by atoms with Crippen molar-refractivity contribution >= 4 is 23.2 Å². The molecule has 0 spiro atoms. The molecular weight excluding hydrogens is 311 g/mol. The van der Waals surface area contributed by atoms with Crippen LogP contribution in [0.3, 0.4) is 0 Å². The van der Waals surface area contributed by atoms with Crippen LogP contribution in [0.1, 0.15) is 17.9 Å². The summed E-state index contributed by atoms with van der Waals surface area (Å²) >= 11 is 0. The fraction of sp³-hybridized carbons (Fsp3) is 0.222. The molecule has 2 aliphatic rings. The smallest absolute Gasteiger partial charge is 0.235 e. The summed E-state index contributed by atoms with van der Waals surface area (Å²) in [7, 11) is 0. The van der Waals surface area contributed by atoms with E-state index in [1.165, 1.54) is 12.1 Å². The molecule has 122 valence electrons. The first-order valence-electron chi connectivity index (χ1n) is 7.76. The van der Waals surface area contributed by atoms with E-state index in [1.54, 1.807) is 11.0 Å². The van der Waals surface area contributed by atoms with E-state index in [0.717, 1.165) is 0 Å². The highest BCUT2D eigenvalue weighted by molar-refractivity contribution is 6.06. The SMILES string of the molecule is O=C1CC(C(=O)N2CCOc3ccccc32)c2ccc(F)cc2N1. The molecule has 0 saturated heterocycles. The van der Waals surface area contributed by atoms with Gasteiger partial charge in [-0.25, -0.2) is 4.39 Å². The van der Waals surface area contributed by atoms with Crippen molar-refractivity contribution in [1.82, 2.24) is 0 Å². The lowest BCUT2D eigenvalue weighted by molar-refractivity contribution is -0.124. The topological polar surface area (TPSA) is 58.6 Å². The van der Waals surface area contributed by atoms with Crippen LogP contribution in [0.5, 0.6) is 5.75 Å². The van der Waals surface area contributed by atoms with E-state index in [0.29, 0.717) is 35.8 Å². The average Bonchev–Trinajstić information content (AvgIpc) is 2.59. The van der Waals surface area contributed by atoms with Crippen LogP contribution in [0.4, 0.5) is 15.8 Å². The summed E-state index contributed by atoms with van der Waals surface area (Å²) in [6.45, 7) is 0.822. The van der Waals surface area contributed by atoms with Gasteiger partial charge in [-0.3, -0.25) is 9.59 Å². The summed E-state index contributed by atoms with van der Waals surface area (Å²) in [5.74, 6) is -0.877. The molecule has 6 heteroatoms. The molecule has 2 aliphatic heterocycles. The third-order valence-electron chi connectivity index (χ3n) is 4.35. The predicted molar refractivity (Wildman–Crippen MR) is 86.7 cm³/mol. The molecule has 2 heterocycles. The number of halogens is 1. The van der Waals surface area contributed by atoms with Crippen LogP contribution >= 0.6 is 0 Å². The zero-order valence-electron chi connectivity index (χ0n) is 12.8. The highest BCUT2D eigenvalue weighted by Gasteiger charge is 2.35. The zero-order valence-corrected chi connectivity index (χ0v) is 12.8. The minimum atomic E-state index is -0.625. The van der Waals surface area contributed by atoms with E-state index >= 15 is 0 Å². The Morgan fingerprint density at radius 1 is 1.25 bits per heavy atom. The van der Waals surface area contributed by atoms with Gasteiger partial charge in [0.05, 0.1) is 18.2 Å². The van der Waals surface area contributed by atoms with Gasteiger partial charge in [0.1, 0.15) is 18.2 Å². The van der Waals surface area contributed by atoms with Crippen molar-refractivity contribution in [3.63, 3.8) is 0 Å². The van der Waals surface area contributed by atoms with E-state index in [-0.39, 0.29) is 18.2 Å². The third kappa shape index (κ3) is 2.40. The number of nitrogens with one attached hydrogen (secondary N) is 1. The number of anilines is 2. The van der Waals surface area contributed by atoms with Gasteiger partial charge in [0.25, 0.3) is 0 Å². The Hall–Kier alpha value is -2.89. The maximum Gasteiger partial charge on any atom is 0.235 e. The number of benzene rings is 2. The second kappa shape index (κ2) is 5.63. The van der Waals surface area contributed by atoms with E-state index in [1.807, 2.05) is 24.3 Å². The second-order valence-corrected chi connectivity index (χ2v) is 5.84. The third-order valence-corrected chi connectivity index (χ3v) is 4.35. The second-order valence-electron chi connectivity index (χ2n) is 5.84. The van der Waals surface area contributed by atoms with Crippen LogP contribution in [0.2, 0.25) is 0 Å². The van der Waals surface area contributed by atoms with Crippen LogP contribution in [0.25, 0.3) is 0 Å². The maximum absolute atomic E-state index is 13.4. The molecule has 0 aromatic heterocycles. The van der Waals surface area contributed by atoms with Crippen molar-refractivity contribution in [2.24, 2.45) is 0 Å². The molecule has 2 amide bonds. The van der Waals surface area contributed by atoms with Gasteiger partial charge in [0.2, 0.25) is 11.8 Å². The number of carbonyl (C=O) groups is 2. The van der Waals surface area contributed by atoms with Crippen molar-refractivity contribution in [3.05, 3.63) is 53.8 Å². The summed E-state index contributed by atoms with van der Waals surface area (Å²) in [6, 6.07) is 11.4. The molecular formula is C18H15FN2O3. The van der Waals surface area contributed by atoms with Gasteiger partial charge < -0.3 is 15.0 Å². The lowest BCUT2D eigenvalue weighted by atomic mass is 9.89. The highest BCUT2D eigenvalue weighted by atomic mass is 19.1. The number of hydrogen-bond acceptors (Lipinski definition) is 3. The molecule has 1 unspecified atom stereocenters. The number of fused-ring (bicyclic) bond motifs is 2. The fourth-order valence-corrected chi connectivity index (χ4v) is 3.24. The molecule has 0 aliphatic carbocycles. The molecule has 0 saturated carbocycles. The van der Waals surface area contributed by atoms with Crippen LogP contribution in [0, 0.1) is 5.82 Å². The van der Waals surface area contributed by atoms with Gasteiger partial charge in [0, 0.05) is 12.1 Å². The molecule has 0 bridgehead atoms. The Morgan fingerprint density at radius 2 is 2.08 bits per heavy atom. The Morgan fingerprint density at radius 3 is 2.96 bits per heavy atom. The summed E-state index contributed by atoms with van der Waals surface area (Å²) in [6.07, 6.45) is 0.0526. The summed E-state index contributed by atoms with van der Waals surface area (Å²) in [5.41, 5.74) is 1.71. The summed E-state index contributed by atoms with van der Waals surface area (Å²) in [4.78, 5) is 26.7. The Kier molecular flexibility index (Phi) is 3.45. The lowest BCUT2D eigenvalue weighted by Gasteiger charge is -2.34. The molecule has 1 N–H and O–H groups in total. The Balaban J connectivity index is 1.73. The first kappa shape index (κ1) is 14.7. The van der Waals surface area contributed by atoms with Gasteiger partial charge in [-0.2, -0.15) is 0 Å². The van der Waals surface area contributed by atoms with Crippen molar-refractivity contribution in [2.75, 3.05) is 23.4 Å². The number of nitrogens with zero attached hydrogens (tertiary/aromatic N) is 1. The average molecular weight is 326 g/mol. The molecule has 24 heavy (non-hydrogen) atoms. The minimum absolute atomic E-state index is 0.0526. The van der Waals surface area contributed by atoms with Crippen LogP contribution < -0.4 is 15.0 Å². The fourth-order valence-electron chi connectivity index (χ4n) is 3.24. The predicted octanol–water partition coefficient (Wildman–Crippen LogP) is 2.68. The van der Waals surface area contributed by atoms with Gasteiger partial charge in [-0.15, -0.1) is 0 Å². The molecule has 2 aromatic carbocycles. The first-order valence-corrected chi connectivity index (χ1v) is 7.76. The van der Waals surface area contributed by atoms with E-state index < -0.39 is 11.7 Å².